The molecule has 35 heavy (non-hydrogen) atoms. The van der Waals surface area contributed by atoms with Crippen LogP contribution in [-0.4, -0.2) is 34.4 Å². The van der Waals surface area contributed by atoms with Gasteiger partial charge in [0.1, 0.15) is 23.4 Å². The van der Waals surface area contributed by atoms with Gasteiger partial charge < -0.3 is 19.5 Å². The second kappa shape index (κ2) is 9.29. The monoisotopic (exact) mass is 469 g/mol. The Balaban J connectivity index is 1.63. The van der Waals surface area contributed by atoms with Gasteiger partial charge in [-0.2, -0.15) is 0 Å². The zero-order valence-electron chi connectivity index (χ0n) is 19.7. The second-order valence-electron chi connectivity index (χ2n) is 8.87. The van der Waals surface area contributed by atoms with Gasteiger partial charge in [0.15, 0.2) is 0 Å². The van der Waals surface area contributed by atoms with E-state index in [0.717, 1.165) is 23.3 Å². The lowest BCUT2D eigenvalue weighted by Crippen LogP contribution is -2.29. The molecule has 0 radical (unpaired) electrons. The summed E-state index contributed by atoms with van der Waals surface area (Å²) in [5, 5.41) is 11.4. The Morgan fingerprint density at radius 2 is 1.86 bits per heavy atom. The van der Waals surface area contributed by atoms with Gasteiger partial charge in [-0.05, 0) is 60.9 Å². The first-order valence-corrected chi connectivity index (χ1v) is 11.8. The van der Waals surface area contributed by atoms with Crippen LogP contribution in [0.1, 0.15) is 42.1 Å². The molecule has 0 aromatic heterocycles. The summed E-state index contributed by atoms with van der Waals surface area (Å²) in [6.07, 6.45) is 0.777. The first-order valence-electron chi connectivity index (χ1n) is 11.8. The van der Waals surface area contributed by atoms with E-state index in [4.69, 9.17) is 9.47 Å². The number of aliphatic hydroxyl groups is 1. The topological polar surface area (TPSA) is 76.1 Å². The number of nitrogens with zero attached hydrogens (tertiary/aromatic N) is 1. The first kappa shape index (κ1) is 22.7. The first-order chi connectivity index (χ1) is 17.0. The molecule has 3 aromatic rings. The van der Waals surface area contributed by atoms with Crippen molar-refractivity contribution in [2.45, 2.75) is 39.0 Å². The van der Waals surface area contributed by atoms with E-state index in [9.17, 15) is 14.7 Å². The maximum absolute atomic E-state index is 13.3. The van der Waals surface area contributed by atoms with Crippen LogP contribution in [0, 0.1) is 0 Å². The molecule has 2 aliphatic rings. The van der Waals surface area contributed by atoms with Crippen LogP contribution in [0.3, 0.4) is 0 Å². The quantitative estimate of drug-likeness (QED) is 0.311. The maximum atomic E-state index is 13.3. The number of hydrogen-bond donors (Lipinski definition) is 1. The van der Waals surface area contributed by atoms with Crippen LogP contribution < -0.4 is 9.47 Å². The van der Waals surface area contributed by atoms with E-state index in [1.807, 2.05) is 74.5 Å². The standard InChI is InChI=1S/C29H27NO5/c1-3-34-23-11-7-10-20(16-23)26-25(27(31)21-12-13-24-22(15-21)14-18(2)35-24)28(32)29(33)30(26)17-19-8-5-4-6-9-19/h4-13,15-16,18,26,31H,3,14,17H2,1-2H3/t18-,26+/m1/s1. The smallest absolute Gasteiger partial charge is 0.295 e. The number of ether oxygens (including phenoxy) is 2. The largest absolute Gasteiger partial charge is 0.507 e. The van der Waals surface area contributed by atoms with Gasteiger partial charge in [-0.25, -0.2) is 0 Å². The van der Waals surface area contributed by atoms with Crippen LogP contribution in [-0.2, 0) is 22.6 Å². The third-order valence-electron chi connectivity index (χ3n) is 6.39. The fraction of sp³-hybridized carbons (Fsp3) is 0.241. The molecule has 1 amide bonds. The van der Waals surface area contributed by atoms with Crippen molar-refractivity contribution in [1.29, 1.82) is 0 Å². The predicted molar refractivity (Wildman–Crippen MR) is 132 cm³/mol. The van der Waals surface area contributed by atoms with Gasteiger partial charge in [0.05, 0.1) is 18.2 Å². The third-order valence-corrected chi connectivity index (χ3v) is 6.39. The summed E-state index contributed by atoms with van der Waals surface area (Å²) in [5.74, 6) is -0.109. The lowest BCUT2D eigenvalue weighted by Gasteiger charge is -2.26. The molecule has 6 heteroatoms. The molecule has 0 bridgehead atoms. The number of fused-ring (bicyclic) bond motifs is 1. The van der Waals surface area contributed by atoms with Gasteiger partial charge in [0.25, 0.3) is 11.7 Å². The summed E-state index contributed by atoms with van der Waals surface area (Å²) in [6.45, 7) is 4.61. The average Bonchev–Trinajstić information content (AvgIpc) is 3.35. The third kappa shape index (κ3) is 4.28. The predicted octanol–water partition coefficient (Wildman–Crippen LogP) is 5.03. The van der Waals surface area contributed by atoms with Gasteiger partial charge in [-0.1, -0.05) is 42.5 Å². The number of likely N-dealkylation sites (tertiary alicyclic amines) is 1. The van der Waals surface area contributed by atoms with E-state index in [2.05, 4.69) is 0 Å². The Bertz CT molecular complexity index is 1310. The summed E-state index contributed by atoms with van der Waals surface area (Å²) in [6, 6.07) is 21.5. The van der Waals surface area contributed by atoms with Crippen molar-refractivity contribution in [2.24, 2.45) is 0 Å². The molecule has 2 heterocycles. The van der Waals surface area contributed by atoms with Crippen molar-refractivity contribution < 1.29 is 24.2 Å². The lowest BCUT2D eigenvalue weighted by atomic mass is 9.94. The molecule has 1 fully saturated rings. The van der Waals surface area contributed by atoms with E-state index < -0.39 is 17.7 Å². The van der Waals surface area contributed by atoms with Gasteiger partial charge >= 0.3 is 0 Å². The van der Waals surface area contributed by atoms with E-state index in [1.54, 1.807) is 12.1 Å². The molecule has 1 saturated heterocycles. The molecule has 6 nitrogen and oxygen atoms in total. The second-order valence-corrected chi connectivity index (χ2v) is 8.87. The highest BCUT2D eigenvalue weighted by Crippen LogP contribution is 2.42. The number of benzene rings is 3. The van der Waals surface area contributed by atoms with Crippen molar-refractivity contribution >= 4 is 17.4 Å². The number of carbonyl (C=O) groups excluding carboxylic acids is 2. The molecular weight excluding hydrogens is 442 g/mol. The summed E-state index contributed by atoms with van der Waals surface area (Å²) < 4.78 is 11.4. The van der Waals surface area contributed by atoms with Crippen LogP contribution >= 0.6 is 0 Å². The Morgan fingerprint density at radius 1 is 1.06 bits per heavy atom. The number of carbonyl (C=O) groups is 2. The summed E-state index contributed by atoms with van der Waals surface area (Å²) >= 11 is 0. The number of rotatable bonds is 6. The fourth-order valence-corrected chi connectivity index (χ4v) is 4.84. The highest BCUT2D eigenvalue weighted by Gasteiger charge is 2.46. The zero-order chi connectivity index (χ0) is 24.5. The van der Waals surface area contributed by atoms with Crippen molar-refractivity contribution in [3.05, 3.63) is 101 Å². The van der Waals surface area contributed by atoms with E-state index in [0.29, 0.717) is 23.5 Å². The van der Waals surface area contributed by atoms with E-state index in [-0.39, 0.29) is 24.0 Å². The van der Waals surface area contributed by atoms with E-state index >= 15 is 0 Å². The van der Waals surface area contributed by atoms with Crippen LogP contribution in [0.15, 0.2) is 78.4 Å². The summed E-state index contributed by atoms with van der Waals surface area (Å²) in [7, 11) is 0. The highest BCUT2D eigenvalue weighted by molar-refractivity contribution is 6.46. The minimum absolute atomic E-state index is 0.0557. The van der Waals surface area contributed by atoms with Crippen LogP contribution in [0.5, 0.6) is 11.5 Å². The Kier molecular flexibility index (Phi) is 6.03. The molecule has 5 rings (SSSR count). The van der Waals surface area contributed by atoms with Gasteiger partial charge in [0, 0.05) is 18.5 Å². The maximum Gasteiger partial charge on any atom is 0.295 e. The normalized spacial score (nSPS) is 20.6. The summed E-state index contributed by atoms with van der Waals surface area (Å²) in [4.78, 5) is 28.1. The summed E-state index contributed by atoms with van der Waals surface area (Å²) in [5.41, 5.74) is 3.13. The van der Waals surface area contributed by atoms with Crippen molar-refractivity contribution in [3.63, 3.8) is 0 Å². The zero-order valence-corrected chi connectivity index (χ0v) is 19.7. The molecule has 0 aliphatic carbocycles. The molecule has 3 aromatic carbocycles. The van der Waals surface area contributed by atoms with Gasteiger partial charge in [0.2, 0.25) is 0 Å². The van der Waals surface area contributed by atoms with E-state index in [1.165, 1.54) is 4.90 Å². The minimum atomic E-state index is -0.751. The number of amides is 1. The number of aliphatic hydroxyl groups excluding tert-OH is 1. The Labute approximate surface area is 204 Å². The van der Waals surface area contributed by atoms with Gasteiger partial charge in [-0.15, -0.1) is 0 Å². The molecular formula is C29H27NO5. The molecule has 2 atom stereocenters. The number of Topliss-reactive ketones (excluding diaryl/α,β-unsaturated/α-hetero) is 1. The average molecular weight is 470 g/mol. The fourth-order valence-electron chi connectivity index (χ4n) is 4.84. The van der Waals surface area contributed by atoms with Crippen molar-refractivity contribution in [2.75, 3.05) is 6.61 Å². The molecule has 0 spiro atoms. The SMILES string of the molecule is CCOc1cccc([C@H]2C(=C(O)c3ccc4c(c3)C[C@@H](C)O4)C(=O)C(=O)N2Cc2ccccc2)c1. The van der Waals surface area contributed by atoms with Crippen molar-refractivity contribution in [3.8, 4) is 11.5 Å². The molecule has 178 valence electrons. The molecule has 0 saturated carbocycles. The Morgan fingerprint density at radius 3 is 2.63 bits per heavy atom. The number of hydrogen-bond acceptors (Lipinski definition) is 5. The van der Waals surface area contributed by atoms with Gasteiger partial charge in [-0.3, -0.25) is 9.59 Å². The van der Waals surface area contributed by atoms with Crippen LogP contribution in [0.2, 0.25) is 0 Å². The highest BCUT2D eigenvalue weighted by atomic mass is 16.5. The minimum Gasteiger partial charge on any atom is -0.507 e. The van der Waals surface area contributed by atoms with Crippen molar-refractivity contribution in [1.82, 2.24) is 4.90 Å². The number of ketones is 1. The van der Waals surface area contributed by atoms with Crippen LogP contribution in [0.25, 0.3) is 5.76 Å². The molecule has 0 unspecified atom stereocenters. The lowest BCUT2D eigenvalue weighted by molar-refractivity contribution is -0.140. The van der Waals surface area contributed by atoms with Crippen LogP contribution in [0.4, 0.5) is 0 Å². The molecule has 2 aliphatic heterocycles. The Hall–Kier alpha value is -4.06. The molecule has 1 N–H and O–H groups in total.